The van der Waals surface area contributed by atoms with Crippen molar-refractivity contribution in [3.63, 3.8) is 0 Å². The molecule has 0 aromatic rings. The summed E-state index contributed by atoms with van der Waals surface area (Å²) >= 11 is 0. The van der Waals surface area contributed by atoms with E-state index >= 15 is 0 Å². The van der Waals surface area contributed by atoms with E-state index in [-0.39, 0.29) is 5.73 Å². The van der Waals surface area contributed by atoms with Gasteiger partial charge in [-0.2, -0.15) is 0 Å². The van der Waals surface area contributed by atoms with Crippen molar-refractivity contribution in [3.8, 4) is 0 Å². The van der Waals surface area contributed by atoms with E-state index in [2.05, 4.69) is 0 Å². The van der Waals surface area contributed by atoms with Gasteiger partial charge in [-0.1, -0.05) is 13.0 Å². The summed E-state index contributed by atoms with van der Waals surface area (Å²) in [6, 6.07) is 0. The normalized spacial score (nSPS) is 14.6. The highest BCUT2D eigenvalue weighted by atomic mass is 28.4. The summed E-state index contributed by atoms with van der Waals surface area (Å²) in [6.07, 6.45) is 4.52. The molecule has 0 saturated carbocycles. The third kappa shape index (κ3) is 3.41. The standard InChI is InChI=1S/C9H20O4Si/c1-6-7-8-13-9(2)14(10-3,11-4)12-5/h7-9H,6H2,1-5H3. The van der Waals surface area contributed by atoms with Gasteiger partial charge >= 0.3 is 8.80 Å². The smallest absolute Gasteiger partial charge is 0.494 e. The predicted octanol–water partition coefficient (Wildman–Crippen LogP) is 1.73. The van der Waals surface area contributed by atoms with Gasteiger partial charge in [-0.25, -0.2) is 0 Å². The van der Waals surface area contributed by atoms with Crippen LogP contribution in [0.25, 0.3) is 0 Å². The molecule has 0 rings (SSSR count). The Kier molecular flexibility index (Phi) is 6.82. The Bertz CT molecular complexity index is 160. The lowest BCUT2D eigenvalue weighted by atomic mass is 10.5. The summed E-state index contributed by atoms with van der Waals surface area (Å²) in [5, 5.41) is 0. The minimum absolute atomic E-state index is 0.203. The van der Waals surface area contributed by atoms with Crippen LogP contribution in [0.1, 0.15) is 20.3 Å². The van der Waals surface area contributed by atoms with Crippen molar-refractivity contribution >= 4 is 8.80 Å². The second-order valence-electron chi connectivity index (χ2n) is 2.77. The van der Waals surface area contributed by atoms with Crippen LogP contribution < -0.4 is 0 Å². The van der Waals surface area contributed by atoms with Gasteiger partial charge in [0.1, 0.15) is 0 Å². The van der Waals surface area contributed by atoms with Crippen molar-refractivity contribution in [2.45, 2.75) is 26.0 Å². The molecule has 84 valence electrons. The van der Waals surface area contributed by atoms with Crippen molar-refractivity contribution in [1.29, 1.82) is 0 Å². The number of hydrogen-bond acceptors (Lipinski definition) is 4. The Labute approximate surface area is 87.2 Å². The van der Waals surface area contributed by atoms with Gasteiger partial charge < -0.3 is 18.0 Å². The van der Waals surface area contributed by atoms with Crippen molar-refractivity contribution in [1.82, 2.24) is 0 Å². The fourth-order valence-electron chi connectivity index (χ4n) is 1.10. The topological polar surface area (TPSA) is 36.9 Å². The number of rotatable bonds is 7. The molecule has 0 radical (unpaired) electrons. The van der Waals surface area contributed by atoms with Crippen molar-refractivity contribution in [3.05, 3.63) is 12.3 Å². The van der Waals surface area contributed by atoms with Crippen molar-refractivity contribution in [2.75, 3.05) is 21.3 Å². The minimum atomic E-state index is -2.64. The van der Waals surface area contributed by atoms with Crippen molar-refractivity contribution < 1.29 is 18.0 Å². The first-order chi connectivity index (χ1) is 6.66. The van der Waals surface area contributed by atoms with Gasteiger partial charge in [0.25, 0.3) is 0 Å². The van der Waals surface area contributed by atoms with Gasteiger partial charge in [0.05, 0.1) is 6.26 Å². The van der Waals surface area contributed by atoms with Crippen LogP contribution in [-0.2, 0) is 18.0 Å². The SMILES string of the molecule is CCC=COC(C)[Si](OC)(OC)OC. The Balaban J connectivity index is 4.28. The summed E-state index contributed by atoms with van der Waals surface area (Å²) in [5.41, 5.74) is -0.203. The molecule has 0 aromatic carbocycles. The van der Waals surface area contributed by atoms with Gasteiger partial charge in [0.15, 0.2) is 5.73 Å². The molecule has 0 bridgehead atoms. The fourth-order valence-corrected chi connectivity index (χ4v) is 2.84. The molecule has 1 atom stereocenters. The lowest BCUT2D eigenvalue weighted by Crippen LogP contribution is -2.53. The van der Waals surface area contributed by atoms with E-state index in [1.165, 1.54) is 0 Å². The monoisotopic (exact) mass is 220 g/mol. The molecule has 0 saturated heterocycles. The zero-order valence-corrected chi connectivity index (χ0v) is 10.6. The highest BCUT2D eigenvalue weighted by Crippen LogP contribution is 2.14. The third-order valence-electron chi connectivity index (χ3n) is 1.97. The van der Waals surface area contributed by atoms with Gasteiger partial charge in [0, 0.05) is 21.3 Å². The highest BCUT2D eigenvalue weighted by Gasteiger charge is 2.46. The Hall–Kier alpha value is -0.363. The molecule has 0 aliphatic rings. The van der Waals surface area contributed by atoms with Crippen LogP contribution in [0.2, 0.25) is 0 Å². The molecule has 0 heterocycles. The molecule has 1 unspecified atom stereocenters. The van der Waals surface area contributed by atoms with Gasteiger partial charge in [-0.3, -0.25) is 0 Å². The Morgan fingerprint density at radius 3 is 2.00 bits per heavy atom. The van der Waals surface area contributed by atoms with Gasteiger partial charge in [-0.05, 0) is 13.3 Å². The molecule has 0 fully saturated rings. The van der Waals surface area contributed by atoms with Crippen LogP contribution in [0.4, 0.5) is 0 Å². The van der Waals surface area contributed by atoms with E-state index in [1.807, 2.05) is 19.9 Å². The fraction of sp³-hybridized carbons (Fsp3) is 0.778. The quantitative estimate of drug-likeness (QED) is 0.484. The molecule has 0 aromatic heterocycles. The van der Waals surface area contributed by atoms with E-state index in [0.717, 1.165) is 6.42 Å². The molecule has 5 heteroatoms. The zero-order chi connectivity index (χ0) is 11.0. The van der Waals surface area contributed by atoms with Gasteiger partial charge in [0.2, 0.25) is 0 Å². The van der Waals surface area contributed by atoms with Gasteiger partial charge in [-0.15, -0.1) is 0 Å². The van der Waals surface area contributed by atoms with Crippen LogP contribution >= 0.6 is 0 Å². The molecular weight excluding hydrogens is 200 g/mol. The molecule has 0 aliphatic heterocycles. The molecule has 0 amide bonds. The first-order valence-corrected chi connectivity index (χ1v) is 6.43. The van der Waals surface area contributed by atoms with E-state index in [4.69, 9.17) is 18.0 Å². The molecule has 0 N–H and O–H groups in total. The predicted molar refractivity (Wildman–Crippen MR) is 56.8 cm³/mol. The molecule has 0 aliphatic carbocycles. The average Bonchev–Trinajstić information content (AvgIpc) is 2.22. The average molecular weight is 220 g/mol. The van der Waals surface area contributed by atoms with Crippen LogP contribution in [0.15, 0.2) is 12.3 Å². The molecular formula is C9H20O4Si. The van der Waals surface area contributed by atoms with Crippen molar-refractivity contribution in [2.24, 2.45) is 0 Å². The number of allylic oxidation sites excluding steroid dienone is 1. The summed E-state index contributed by atoms with van der Waals surface area (Å²) in [5.74, 6) is 0. The second kappa shape index (κ2) is 7.00. The minimum Gasteiger partial charge on any atom is -0.494 e. The Morgan fingerprint density at radius 1 is 1.14 bits per heavy atom. The maximum atomic E-state index is 5.43. The molecule has 0 spiro atoms. The maximum absolute atomic E-state index is 5.43. The first-order valence-electron chi connectivity index (χ1n) is 4.62. The number of ether oxygens (including phenoxy) is 1. The lowest BCUT2D eigenvalue weighted by molar-refractivity contribution is 0.0579. The second-order valence-corrected chi connectivity index (χ2v) is 6.02. The summed E-state index contributed by atoms with van der Waals surface area (Å²) in [4.78, 5) is 0. The van der Waals surface area contributed by atoms with Crippen LogP contribution in [0.3, 0.4) is 0 Å². The zero-order valence-electron chi connectivity index (χ0n) is 9.57. The van der Waals surface area contributed by atoms with Crippen LogP contribution in [0.5, 0.6) is 0 Å². The number of hydrogen-bond donors (Lipinski definition) is 0. The third-order valence-corrected chi connectivity index (χ3v) is 4.81. The molecule has 4 nitrogen and oxygen atoms in total. The van der Waals surface area contributed by atoms with E-state index in [0.29, 0.717) is 0 Å². The Morgan fingerprint density at radius 2 is 1.64 bits per heavy atom. The van der Waals surface area contributed by atoms with E-state index in [1.54, 1.807) is 27.6 Å². The van der Waals surface area contributed by atoms with Crippen LogP contribution in [0, 0.1) is 0 Å². The molecule has 14 heavy (non-hydrogen) atoms. The van der Waals surface area contributed by atoms with E-state index < -0.39 is 8.80 Å². The van der Waals surface area contributed by atoms with Crippen LogP contribution in [-0.4, -0.2) is 35.9 Å². The highest BCUT2D eigenvalue weighted by molar-refractivity contribution is 6.61. The summed E-state index contributed by atoms with van der Waals surface area (Å²) < 4.78 is 21.2. The first kappa shape index (κ1) is 13.6. The summed E-state index contributed by atoms with van der Waals surface area (Å²) in [6.45, 7) is 3.92. The van der Waals surface area contributed by atoms with E-state index in [9.17, 15) is 0 Å². The summed E-state index contributed by atoms with van der Waals surface area (Å²) in [7, 11) is 2.07. The largest absolute Gasteiger partial charge is 0.542 e. The lowest BCUT2D eigenvalue weighted by Gasteiger charge is -2.29. The maximum Gasteiger partial charge on any atom is 0.542 e.